The average molecular weight is 407 g/mol. The number of amides is 1. The Kier molecular flexibility index (Phi) is 6.18. The van der Waals surface area contributed by atoms with Crippen molar-refractivity contribution in [3.8, 4) is 5.75 Å². The lowest BCUT2D eigenvalue weighted by molar-refractivity contribution is -0.129. The van der Waals surface area contributed by atoms with E-state index in [1.807, 2.05) is 0 Å². The maximum Gasteiger partial charge on any atom is 0.256 e. The molecule has 0 aliphatic carbocycles. The van der Waals surface area contributed by atoms with Crippen LogP contribution >= 0.6 is 27.5 Å². The third-order valence-electron chi connectivity index (χ3n) is 3.25. The van der Waals surface area contributed by atoms with Crippen LogP contribution in [0.15, 0.2) is 41.4 Å². The van der Waals surface area contributed by atoms with Crippen molar-refractivity contribution >= 4 is 39.1 Å². The smallest absolute Gasteiger partial charge is 0.256 e. The number of carbonyl (C=O) groups excluding carboxylic acids is 1. The van der Waals surface area contributed by atoms with E-state index in [0.29, 0.717) is 34.5 Å². The first-order chi connectivity index (χ1) is 10.9. The van der Waals surface area contributed by atoms with Gasteiger partial charge in [-0.2, -0.15) is 0 Å². The normalized spacial score (nSPS) is 18.1. The number of halogens is 4. The standard InChI is InChI=1S/C16H15BrClF2NO2/c1-2-7-23-10-3-4-11(12(17)8-10)14-6-5-13(18)16(22)21(14)9-15(19)20/h2-4,6,8,13,15H,1,5,7,9H2. The first-order valence-corrected chi connectivity index (χ1v) is 8.14. The number of alkyl halides is 3. The molecule has 0 spiro atoms. The second-order valence-electron chi connectivity index (χ2n) is 4.87. The minimum absolute atomic E-state index is 0.302. The highest BCUT2D eigenvalue weighted by atomic mass is 79.9. The number of hydrogen-bond acceptors (Lipinski definition) is 2. The Morgan fingerprint density at radius 3 is 2.87 bits per heavy atom. The molecule has 0 radical (unpaired) electrons. The fraction of sp³-hybridized carbons (Fsp3) is 0.312. The molecule has 0 N–H and O–H groups in total. The zero-order valence-electron chi connectivity index (χ0n) is 12.1. The summed E-state index contributed by atoms with van der Waals surface area (Å²) in [5, 5.41) is -0.813. The van der Waals surface area contributed by atoms with Gasteiger partial charge in [0, 0.05) is 15.7 Å². The molecular weight excluding hydrogens is 392 g/mol. The SMILES string of the molecule is C=CCOc1ccc(C2=CCC(Cl)C(=O)N2CC(F)F)c(Br)c1. The van der Waals surface area contributed by atoms with Crippen LogP contribution in [0, 0.1) is 0 Å². The predicted molar refractivity (Wildman–Crippen MR) is 89.8 cm³/mol. The molecule has 1 atom stereocenters. The number of benzene rings is 1. The van der Waals surface area contributed by atoms with Gasteiger partial charge >= 0.3 is 0 Å². The number of allylic oxidation sites excluding steroid dienone is 1. The summed E-state index contributed by atoms with van der Waals surface area (Å²) in [6, 6.07) is 5.15. The fourth-order valence-electron chi connectivity index (χ4n) is 2.24. The molecular formula is C16H15BrClF2NO2. The Labute approximate surface area is 146 Å². The molecule has 0 saturated carbocycles. The molecule has 0 bridgehead atoms. The quantitative estimate of drug-likeness (QED) is 0.516. The van der Waals surface area contributed by atoms with Gasteiger partial charge in [0.25, 0.3) is 6.43 Å². The van der Waals surface area contributed by atoms with Crippen LogP contribution in [0.5, 0.6) is 5.75 Å². The lowest BCUT2D eigenvalue weighted by Gasteiger charge is -2.31. The summed E-state index contributed by atoms with van der Waals surface area (Å²) in [5.41, 5.74) is 1.06. The molecule has 1 aromatic carbocycles. The summed E-state index contributed by atoms with van der Waals surface area (Å²) in [4.78, 5) is 13.2. The van der Waals surface area contributed by atoms with Crippen molar-refractivity contribution in [2.24, 2.45) is 0 Å². The van der Waals surface area contributed by atoms with E-state index < -0.39 is 24.3 Å². The van der Waals surface area contributed by atoms with Crippen molar-refractivity contribution in [1.29, 1.82) is 0 Å². The summed E-state index contributed by atoms with van der Waals surface area (Å²) in [6.07, 6.45) is 0.982. The van der Waals surface area contributed by atoms with Crippen LogP contribution in [-0.4, -0.2) is 35.8 Å². The van der Waals surface area contributed by atoms with E-state index in [1.54, 1.807) is 30.4 Å². The van der Waals surface area contributed by atoms with E-state index in [4.69, 9.17) is 16.3 Å². The Hall–Kier alpha value is -1.40. The van der Waals surface area contributed by atoms with Gasteiger partial charge in [0.1, 0.15) is 17.7 Å². The predicted octanol–water partition coefficient (Wildman–Crippen LogP) is 4.46. The highest BCUT2D eigenvalue weighted by Crippen LogP contribution is 2.34. The van der Waals surface area contributed by atoms with Crippen molar-refractivity contribution in [3.63, 3.8) is 0 Å². The fourth-order valence-corrected chi connectivity index (χ4v) is 3.01. The minimum Gasteiger partial charge on any atom is -0.490 e. The molecule has 1 unspecified atom stereocenters. The van der Waals surface area contributed by atoms with Crippen LogP contribution in [0.25, 0.3) is 5.70 Å². The minimum atomic E-state index is -2.64. The van der Waals surface area contributed by atoms with Crippen LogP contribution in [0.3, 0.4) is 0 Å². The maximum atomic E-state index is 12.8. The Balaban J connectivity index is 2.34. The number of hydrogen-bond donors (Lipinski definition) is 0. The molecule has 124 valence electrons. The molecule has 1 amide bonds. The van der Waals surface area contributed by atoms with Gasteiger partial charge < -0.3 is 9.64 Å². The van der Waals surface area contributed by atoms with Gasteiger partial charge in [-0.05, 0) is 40.5 Å². The first kappa shape index (κ1) is 17.9. The summed E-state index contributed by atoms with van der Waals surface area (Å²) in [5.74, 6) is 0.0993. The average Bonchev–Trinajstić information content (AvgIpc) is 2.50. The second kappa shape index (κ2) is 7.93. The van der Waals surface area contributed by atoms with E-state index in [-0.39, 0.29) is 0 Å². The zero-order chi connectivity index (χ0) is 17.0. The van der Waals surface area contributed by atoms with E-state index in [2.05, 4.69) is 22.5 Å². The van der Waals surface area contributed by atoms with E-state index in [9.17, 15) is 13.6 Å². The van der Waals surface area contributed by atoms with Gasteiger partial charge in [-0.1, -0.05) is 18.7 Å². The van der Waals surface area contributed by atoms with Crippen molar-refractivity contribution in [3.05, 3.63) is 47.0 Å². The Morgan fingerprint density at radius 1 is 1.52 bits per heavy atom. The third-order valence-corrected chi connectivity index (χ3v) is 4.27. The molecule has 1 aliphatic rings. The first-order valence-electron chi connectivity index (χ1n) is 6.91. The molecule has 1 aliphatic heterocycles. The van der Waals surface area contributed by atoms with Crippen LogP contribution in [0.4, 0.5) is 8.78 Å². The lowest BCUT2D eigenvalue weighted by Crippen LogP contribution is -2.41. The van der Waals surface area contributed by atoms with E-state index in [0.717, 1.165) is 4.90 Å². The summed E-state index contributed by atoms with van der Waals surface area (Å²) in [7, 11) is 0. The number of ether oxygens (including phenoxy) is 1. The van der Waals surface area contributed by atoms with Crippen LogP contribution < -0.4 is 4.74 Å². The zero-order valence-corrected chi connectivity index (χ0v) is 14.5. The molecule has 0 saturated heterocycles. The largest absolute Gasteiger partial charge is 0.490 e. The number of carbonyl (C=O) groups is 1. The van der Waals surface area contributed by atoms with Crippen LogP contribution in [0.1, 0.15) is 12.0 Å². The van der Waals surface area contributed by atoms with E-state index in [1.165, 1.54) is 0 Å². The van der Waals surface area contributed by atoms with Gasteiger partial charge in [0.2, 0.25) is 5.91 Å². The Bertz CT molecular complexity index is 637. The molecule has 0 aromatic heterocycles. The third kappa shape index (κ3) is 4.32. The van der Waals surface area contributed by atoms with Crippen LogP contribution in [-0.2, 0) is 4.79 Å². The van der Waals surface area contributed by atoms with Crippen molar-refractivity contribution in [1.82, 2.24) is 4.90 Å². The molecule has 3 nitrogen and oxygen atoms in total. The van der Waals surface area contributed by atoms with Gasteiger partial charge in [0.15, 0.2) is 0 Å². The van der Waals surface area contributed by atoms with Gasteiger partial charge in [0.05, 0.1) is 6.54 Å². The van der Waals surface area contributed by atoms with Gasteiger partial charge in [-0.25, -0.2) is 8.78 Å². The topological polar surface area (TPSA) is 29.5 Å². The molecule has 1 heterocycles. The monoisotopic (exact) mass is 405 g/mol. The van der Waals surface area contributed by atoms with Crippen molar-refractivity contribution < 1.29 is 18.3 Å². The molecule has 1 aromatic rings. The number of rotatable bonds is 6. The highest BCUT2D eigenvalue weighted by Gasteiger charge is 2.32. The molecule has 2 rings (SSSR count). The summed E-state index contributed by atoms with van der Waals surface area (Å²) in [6.45, 7) is 3.24. The lowest BCUT2D eigenvalue weighted by atomic mass is 10.0. The van der Waals surface area contributed by atoms with Crippen molar-refractivity contribution in [2.75, 3.05) is 13.2 Å². The van der Waals surface area contributed by atoms with E-state index >= 15 is 0 Å². The summed E-state index contributed by atoms with van der Waals surface area (Å²) < 4.78 is 31.7. The highest BCUT2D eigenvalue weighted by molar-refractivity contribution is 9.10. The molecule has 23 heavy (non-hydrogen) atoms. The van der Waals surface area contributed by atoms with Crippen molar-refractivity contribution in [2.45, 2.75) is 18.2 Å². The maximum absolute atomic E-state index is 12.8. The Morgan fingerprint density at radius 2 is 2.26 bits per heavy atom. The van der Waals surface area contributed by atoms with Gasteiger partial charge in [-0.15, -0.1) is 11.6 Å². The molecule has 0 fully saturated rings. The number of nitrogens with zero attached hydrogens (tertiary/aromatic N) is 1. The summed E-state index contributed by atoms with van der Waals surface area (Å²) >= 11 is 9.30. The second-order valence-corrected chi connectivity index (χ2v) is 6.26. The van der Waals surface area contributed by atoms with Gasteiger partial charge in [-0.3, -0.25) is 4.79 Å². The van der Waals surface area contributed by atoms with Crippen LogP contribution in [0.2, 0.25) is 0 Å². The molecule has 7 heteroatoms.